The first-order valence-corrected chi connectivity index (χ1v) is 10.5. The Morgan fingerprint density at radius 3 is 2.16 bits per heavy atom. The molecule has 4 rings (SSSR count). The summed E-state index contributed by atoms with van der Waals surface area (Å²) in [6.07, 6.45) is 0.992. The van der Waals surface area contributed by atoms with Crippen LogP contribution in [0.25, 0.3) is 0 Å². The molecule has 1 unspecified atom stereocenters. The molecule has 0 saturated carbocycles. The van der Waals surface area contributed by atoms with Crippen molar-refractivity contribution in [2.45, 2.75) is 32.6 Å². The molecule has 0 bridgehead atoms. The molecule has 1 aromatic heterocycles. The molecule has 3 aromatic rings. The number of benzene rings is 2. The van der Waals surface area contributed by atoms with Gasteiger partial charge in [0, 0.05) is 12.1 Å². The summed E-state index contributed by atoms with van der Waals surface area (Å²) in [5.74, 6) is 2.16. The summed E-state index contributed by atoms with van der Waals surface area (Å²) in [6, 6.07) is 11.8. The van der Waals surface area contributed by atoms with Gasteiger partial charge in [0.05, 0.1) is 38.3 Å². The Labute approximate surface area is 187 Å². The lowest BCUT2D eigenvalue weighted by Crippen LogP contribution is -2.23. The SMILES string of the molecule is COc1cc(C2CC(=O)c3c(C)nc(Nc4ccc(C)cc4)nc3C2)cc(OC)c1OC. The van der Waals surface area contributed by atoms with Gasteiger partial charge in [0.25, 0.3) is 0 Å². The number of carbonyl (C=O) groups is 1. The number of methoxy groups -OCH3 is 3. The summed E-state index contributed by atoms with van der Waals surface area (Å²) in [6.45, 7) is 3.90. The van der Waals surface area contributed by atoms with Gasteiger partial charge >= 0.3 is 0 Å². The highest BCUT2D eigenvalue weighted by Crippen LogP contribution is 2.43. The number of aromatic nitrogens is 2. The fraction of sp³-hybridized carbons (Fsp3) is 0.320. The second-order valence-corrected chi connectivity index (χ2v) is 7.93. The van der Waals surface area contributed by atoms with Gasteiger partial charge in [-0.15, -0.1) is 0 Å². The number of ketones is 1. The smallest absolute Gasteiger partial charge is 0.227 e. The maximum Gasteiger partial charge on any atom is 0.227 e. The van der Waals surface area contributed by atoms with E-state index in [1.807, 2.05) is 50.2 Å². The van der Waals surface area contributed by atoms with E-state index in [0.717, 1.165) is 16.9 Å². The van der Waals surface area contributed by atoms with Gasteiger partial charge in [-0.05, 0) is 56.0 Å². The van der Waals surface area contributed by atoms with Crippen molar-refractivity contribution in [3.8, 4) is 17.2 Å². The molecule has 1 atom stereocenters. The van der Waals surface area contributed by atoms with E-state index in [2.05, 4.69) is 10.3 Å². The monoisotopic (exact) mass is 433 g/mol. The Morgan fingerprint density at radius 2 is 1.56 bits per heavy atom. The van der Waals surface area contributed by atoms with Crippen LogP contribution in [0.4, 0.5) is 11.6 Å². The Bertz CT molecular complexity index is 1130. The van der Waals surface area contributed by atoms with Gasteiger partial charge < -0.3 is 19.5 Å². The first-order chi connectivity index (χ1) is 15.4. The summed E-state index contributed by atoms with van der Waals surface area (Å²) in [5.41, 5.74) is 5.10. The number of nitrogens with zero attached hydrogens (tertiary/aromatic N) is 2. The Balaban J connectivity index is 1.69. The zero-order valence-electron chi connectivity index (χ0n) is 19.0. The number of anilines is 2. The van der Waals surface area contributed by atoms with Crippen LogP contribution >= 0.6 is 0 Å². The van der Waals surface area contributed by atoms with Crippen LogP contribution in [0.5, 0.6) is 17.2 Å². The van der Waals surface area contributed by atoms with E-state index in [0.29, 0.717) is 47.3 Å². The first-order valence-electron chi connectivity index (χ1n) is 10.5. The summed E-state index contributed by atoms with van der Waals surface area (Å²) in [7, 11) is 4.74. The van der Waals surface area contributed by atoms with Gasteiger partial charge in [0.1, 0.15) is 0 Å². The molecule has 7 heteroatoms. The number of hydrogen-bond donors (Lipinski definition) is 1. The third kappa shape index (κ3) is 4.10. The van der Waals surface area contributed by atoms with Gasteiger partial charge in [-0.25, -0.2) is 9.97 Å². The predicted octanol–water partition coefficient (Wildman–Crippen LogP) is 4.78. The van der Waals surface area contributed by atoms with E-state index in [1.54, 1.807) is 21.3 Å². The normalized spacial score (nSPS) is 15.2. The predicted molar refractivity (Wildman–Crippen MR) is 123 cm³/mol. The third-order valence-electron chi connectivity index (χ3n) is 5.78. The number of hydrogen-bond acceptors (Lipinski definition) is 7. The second-order valence-electron chi connectivity index (χ2n) is 7.93. The molecule has 0 fully saturated rings. The maximum atomic E-state index is 13.0. The Kier molecular flexibility index (Phi) is 5.99. The van der Waals surface area contributed by atoms with Crippen molar-refractivity contribution in [2.24, 2.45) is 0 Å². The van der Waals surface area contributed by atoms with E-state index < -0.39 is 0 Å². The van der Waals surface area contributed by atoms with Crippen LogP contribution in [-0.4, -0.2) is 37.1 Å². The van der Waals surface area contributed by atoms with Gasteiger partial charge in [-0.3, -0.25) is 4.79 Å². The minimum Gasteiger partial charge on any atom is -0.493 e. The van der Waals surface area contributed by atoms with Crippen LogP contribution in [0.2, 0.25) is 0 Å². The van der Waals surface area contributed by atoms with Crippen molar-refractivity contribution in [3.05, 3.63) is 64.5 Å². The molecule has 0 amide bonds. The molecule has 2 aromatic carbocycles. The Hall–Kier alpha value is -3.61. The molecule has 0 aliphatic heterocycles. The van der Waals surface area contributed by atoms with E-state index in [1.165, 1.54) is 5.56 Å². The van der Waals surface area contributed by atoms with Gasteiger partial charge in [-0.1, -0.05) is 17.7 Å². The average molecular weight is 434 g/mol. The van der Waals surface area contributed by atoms with Crippen molar-refractivity contribution in [3.63, 3.8) is 0 Å². The van der Waals surface area contributed by atoms with Crippen molar-refractivity contribution in [1.82, 2.24) is 9.97 Å². The van der Waals surface area contributed by atoms with E-state index in [-0.39, 0.29) is 11.7 Å². The molecule has 1 aliphatic rings. The molecular formula is C25H27N3O4. The summed E-state index contributed by atoms with van der Waals surface area (Å²) >= 11 is 0. The fourth-order valence-corrected chi connectivity index (χ4v) is 4.17. The lowest BCUT2D eigenvalue weighted by molar-refractivity contribution is 0.0962. The number of ether oxygens (including phenoxy) is 3. The van der Waals surface area contributed by atoms with E-state index >= 15 is 0 Å². The van der Waals surface area contributed by atoms with Crippen LogP contribution in [0, 0.1) is 13.8 Å². The molecular weight excluding hydrogens is 406 g/mol. The zero-order chi connectivity index (χ0) is 22.8. The van der Waals surface area contributed by atoms with Crippen LogP contribution in [0.15, 0.2) is 36.4 Å². The zero-order valence-corrected chi connectivity index (χ0v) is 19.0. The molecule has 32 heavy (non-hydrogen) atoms. The topological polar surface area (TPSA) is 82.6 Å². The minimum atomic E-state index is -0.0507. The van der Waals surface area contributed by atoms with E-state index in [4.69, 9.17) is 19.2 Å². The van der Waals surface area contributed by atoms with Crippen LogP contribution in [0.1, 0.15) is 45.2 Å². The van der Waals surface area contributed by atoms with Gasteiger partial charge in [-0.2, -0.15) is 0 Å². The molecule has 0 spiro atoms. The quantitative estimate of drug-likeness (QED) is 0.599. The maximum absolute atomic E-state index is 13.0. The number of rotatable bonds is 6. The molecule has 1 heterocycles. The van der Waals surface area contributed by atoms with E-state index in [9.17, 15) is 4.79 Å². The number of nitrogens with one attached hydrogen (secondary N) is 1. The lowest BCUT2D eigenvalue weighted by atomic mass is 9.81. The van der Waals surface area contributed by atoms with Crippen LogP contribution in [-0.2, 0) is 6.42 Å². The number of fused-ring (bicyclic) bond motifs is 1. The first kappa shape index (κ1) is 21.6. The highest BCUT2D eigenvalue weighted by atomic mass is 16.5. The summed E-state index contributed by atoms with van der Waals surface area (Å²) in [5, 5.41) is 3.25. The molecule has 1 aliphatic carbocycles. The van der Waals surface area contributed by atoms with Crippen molar-refractivity contribution in [1.29, 1.82) is 0 Å². The largest absolute Gasteiger partial charge is 0.493 e. The molecule has 0 radical (unpaired) electrons. The van der Waals surface area contributed by atoms with Crippen LogP contribution in [0.3, 0.4) is 0 Å². The van der Waals surface area contributed by atoms with Crippen LogP contribution < -0.4 is 19.5 Å². The van der Waals surface area contributed by atoms with Crippen molar-refractivity contribution >= 4 is 17.4 Å². The third-order valence-corrected chi connectivity index (χ3v) is 5.78. The molecule has 166 valence electrons. The highest BCUT2D eigenvalue weighted by Gasteiger charge is 2.31. The average Bonchev–Trinajstić information content (AvgIpc) is 2.78. The molecule has 7 nitrogen and oxygen atoms in total. The summed E-state index contributed by atoms with van der Waals surface area (Å²) < 4.78 is 16.4. The minimum absolute atomic E-state index is 0.0457. The Morgan fingerprint density at radius 1 is 0.906 bits per heavy atom. The fourth-order valence-electron chi connectivity index (χ4n) is 4.17. The van der Waals surface area contributed by atoms with Gasteiger partial charge in [0.2, 0.25) is 11.7 Å². The number of carbonyl (C=O) groups excluding carboxylic acids is 1. The van der Waals surface area contributed by atoms with Gasteiger partial charge in [0.15, 0.2) is 17.3 Å². The highest BCUT2D eigenvalue weighted by molar-refractivity contribution is 5.99. The molecule has 1 N–H and O–H groups in total. The second kappa shape index (κ2) is 8.86. The standard InChI is InChI=1S/C25H27N3O4/c1-14-6-8-18(9-7-14)27-25-26-15(2)23-19(28-25)10-16(11-20(23)29)17-12-21(30-3)24(32-5)22(13-17)31-4/h6-9,12-13,16H,10-11H2,1-5H3,(H,26,27,28). The number of aryl methyl sites for hydroxylation is 2. The summed E-state index contributed by atoms with van der Waals surface area (Å²) in [4.78, 5) is 22.3. The number of Topliss-reactive ketones (excluding diaryl/α,β-unsaturated/α-hetero) is 1. The lowest BCUT2D eigenvalue weighted by Gasteiger charge is -2.26. The van der Waals surface area contributed by atoms with Crippen molar-refractivity contribution < 1.29 is 19.0 Å². The van der Waals surface area contributed by atoms with Crippen molar-refractivity contribution in [2.75, 3.05) is 26.6 Å². The molecule has 0 saturated heterocycles.